The van der Waals surface area contributed by atoms with Gasteiger partial charge in [-0.2, -0.15) is 5.10 Å². The van der Waals surface area contributed by atoms with E-state index in [-0.39, 0.29) is 5.91 Å². The minimum absolute atomic E-state index is 0.0342. The molecule has 0 saturated heterocycles. The first-order valence-corrected chi connectivity index (χ1v) is 5.34. The van der Waals surface area contributed by atoms with E-state index in [1.807, 2.05) is 6.92 Å². The fourth-order valence-corrected chi connectivity index (χ4v) is 2.15. The smallest absolute Gasteiger partial charge is 0.267 e. The van der Waals surface area contributed by atoms with Crippen LogP contribution >= 0.6 is 0 Å². The van der Waals surface area contributed by atoms with Gasteiger partial charge in [0.2, 0.25) is 0 Å². The number of nitrogens with zero attached hydrogens (tertiary/aromatic N) is 1. The lowest BCUT2D eigenvalue weighted by Crippen LogP contribution is -2.15. The zero-order valence-electron chi connectivity index (χ0n) is 8.55. The number of rotatable bonds is 1. The lowest BCUT2D eigenvalue weighted by molar-refractivity contribution is -0.116. The van der Waals surface area contributed by atoms with E-state index in [1.54, 1.807) is 0 Å². The molecule has 76 valence electrons. The normalized spacial score (nSPS) is 26.5. The van der Waals surface area contributed by atoms with Gasteiger partial charge >= 0.3 is 0 Å². The number of amides is 1. The molecule has 0 aromatic carbocycles. The van der Waals surface area contributed by atoms with E-state index in [1.165, 1.54) is 32.1 Å². The molecule has 0 atom stereocenters. The lowest BCUT2D eigenvalue weighted by Gasteiger charge is -2.18. The van der Waals surface area contributed by atoms with E-state index in [2.05, 4.69) is 16.6 Å². The van der Waals surface area contributed by atoms with Crippen LogP contribution in [-0.2, 0) is 4.79 Å². The second-order valence-electron chi connectivity index (χ2n) is 4.12. The van der Waals surface area contributed by atoms with Crippen molar-refractivity contribution in [3.8, 4) is 0 Å². The molecule has 0 radical (unpaired) electrons. The molecule has 1 heterocycles. The van der Waals surface area contributed by atoms with Crippen molar-refractivity contribution in [2.45, 2.75) is 39.0 Å². The van der Waals surface area contributed by atoms with Crippen molar-refractivity contribution in [2.75, 3.05) is 0 Å². The van der Waals surface area contributed by atoms with Crippen LogP contribution in [-0.4, -0.2) is 11.6 Å². The lowest BCUT2D eigenvalue weighted by atomic mass is 9.87. The summed E-state index contributed by atoms with van der Waals surface area (Å²) in [5.74, 6) is 0.556. The fourth-order valence-electron chi connectivity index (χ4n) is 2.15. The van der Waals surface area contributed by atoms with E-state index >= 15 is 0 Å². The van der Waals surface area contributed by atoms with Crippen LogP contribution in [0.4, 0.5) is 0 Å². The Bertz CT molecular complexity index is 298. The molecule has 1 amide bonds. The van der Waals surface area contributed by atoms with Crippen molar-refractivity contribution in [1.82, 2.24) is 5.43 Å². The second kappa shape index (κ2) is 3.95. The van der Waals surface area contributed by atoms with Crippen LogP contribution in [0.5, 0.6) is 0 Å². The molecular formula is C11H16N2O. The monoisotopic (exact) mass is 192 g/mol. The molecule has 2 rings (SSSR count). The molecule has 3 heteroatoms. The van der Waals surface area contributed by atoms with E-state index in [9.17, 15) is 4.79 Å². The predicted octanol–water partition coefficient (Wildman–Crippen LogP) is 2.00. The first-order valence-electron chi connectivity index (χ1n) is 5.34. The van der Waals surface area contributed by atoms with Crippen LogP contribution in [0.15, 0.2) is 16.8 Å². The van der Waals surface area contributed by atoms with Crippen molar-refractivity contribution < 1.29 is 4.79 Å². The van der Waals surface area contributed by atoms with Gasteiger partial charge in [0.1, 0.15) is 0 Å². The molecule has 3 nitrogen and oxygen atoms in total. The molecule has 0 unspecified atom stereocenters. The number of hydrogen-bond donors (Lipinski definition) is 1. The third kappa shape index (κ3) is 1.86. The van der Waals surface area contributed by atoms with Crippen LogP contribution in [0.1, 0.15) is 39.0 Å². The average Bonchev–Trinajstić information content (AvgIpc) is 2.51. The van der Waals surface area contributed by atoms with E-state index < -0.39 is 0 Å². The second-order valence-corrected chi connectivity index (χ2v) is 4.12. The molecule has 1 aliphatic heterocycles. The summed E-state index contributed by atoms with van der Waals surface area (Å²) in [5, 5.41) is 3.91. The number of hydrazone groups is 1. The van der Waals surface area contributed by atoms with Gasteiger partial charge in [-0.25, -0.2) is 5.43 Å². The molecule has 2 aliphatic rings. The standard InChI is InChI=1S/C11H16N2O/c1-8-10(11(14)13-12-8)7-9-5-3-2-4-6-9/h7,9H,2-6H2,1H3,(H,13,14). The highest BCUT2D eigenvalue weighted by Crippen LogP contribution is 2.26. The van der Waals surface area contributed by atoms with E-state index in [4.69, 9.17) is 0 Å². The molecule has 1 N–H and O–H groups in total. The van der Waals surface area contributed by atoms with Crippen LogP contribution in [0.2, 0.25) is 0 Å². The minimum atomic E-state index is -0.0342. The van der Waals surface area contributed by atoms with Gasteiger partial charge in [-0.15, -0.1) is 0 Å². The maximum absolute atomic E-state index is 11.4. The maximum atomic E-state index is 11.4. The Morgan fingerprint density at radius 3 is 2.64 bits per heavy atom. The largest absolute Gasteiger partial charge is 0.272 e. The molecule has 1 saturated carbocycles. The van der Waals surface area contributed by atoms with Crippen molar-refractivity contribution in [3.63, 3.8) is 0 Å². The summed E-state index contributed by atoms with van der Waals surface area (Å²) >= 11 is 0. The van der Waals surface area contributed by atoms with Crippen molar-refractivity contribution in [1.29, 1.82) is 0 Å². The molecular weight excluding hydrogens is 176 g/mol. The Morgan fingerprint density at radius 1 is 1.36 bits per heavy atom. The number of nitrogens with one attached hydrogen (secondary N) is 1. The predicted molar refractivity (Wildman–Crippen MR) is 55.9 cm³/mol. The Balaban J connectivity index is 2.08. The van der Waals surface area contributed by atoms with Crippen LogP contribution in [0, 0.1) is 5.92 Å². The molecule has 1 fully saturated rings. The zero-order chi connectivity index (χ0) is 9.97. The third-order valence-electron chi connectivity index (χ3n) is 3.01. The summed E-state index contributed by atoms with van der Waals surface area (Å²) in [4.78, 5) is 11.4. The first-order chi connectivity index (χ1) is 6.77. The summed E-state index contributed by atoms with van der Waals surface area (Å²) < 4.78 is 0. The fraction of sp³-hybridized carbons (Fsp3) is 0.636. The van der Waals surface area contributed by atoms with Crippen molar-refractivity contribution >= 4 is 11.6 Å². The van der Waals surface area contributed by atoms with Gasteiger partial charge in [-0.05, 0) is 25.7 Å². The highest BCUT2D eigenvalue weighted by molar-refractivity contribution is 6.23. The Hall–Kier alpha value is -1.12. The van der Waals surface area contributed by atoms with Gasteiger partial charge in [-0.3, -0.25) is 4.79 Å². The van der Waals surface area contributed by atoms with Crippen molar-refractivity contribution in [2.24, 2.45) is 11.0 Å². The van der Waals surface area contributed by atoms with Crippen LogP contribution < -0.4 is 5.43 Å². The maximum Gasteiger partial charge on any atom is 0.272 e. The molecule has 0 aromatic heterocycles. The number of carbonyl (C=O) groups excluding carboxylic acids is 1. The molecule has 1 aliphatic carbocycles. The highest BCUT2D eigenvalue weighted by atomic mass is 16.2. The Labute approximate surface area is 84.3 Å². The van der Waals surface area contributed by atoms with E-state index in [0.717, 1.165) is 11.3 Å². The quantitative estimate of drug-likeness (QED) is 0.634. The number of allylic oxidation sites excluding steroid dienone is 1. The van der Waals surface area contributed by atoms with E-state index in [0.29, 0.717) is 5.92 Å². The van der Waals surface area contributed by atoms with Crippen LogP contribution in [0.25, 0.3) is 0 Å². The van der Waals surface area contributed by atoms with Crippen molar-refractivity contribution in [3.05, 3.63) is 11.6 Å². The Morgan fingerprint density at radius 2 is 2.07 bits per heavy atom. The van der Waals surface area contributed by atoms with Gasteiger partial charge in [0, 0.05) is 0 Å². The summed E-state index contributed by atoms with van der Waals surface area (Å²) in [6.45, 7) is 1.88. The van der Waals surface area contributed by atoms with Gasteiger partial charge in [0.25, 0.3) is 5.91 Å². The summed E-state index contributed by atoms with van der Waals surface area (Å²) in [5.41, 5.74) is 4.11. The topological polar surface area (TPSA) is 41.5 Å². The minimum Gasteiger partial charge on any atom is -0.267 e. The highest BCUT2D eigenvalue weighted by Gasteiger charge is 2.21. The summed E-state index contributed by atoms with van der Waals surface area (Å²) in [7, 11) is 0. The SMILES string of the molecule is CC1=NNC(=O)C1=CC1CCCCC1. The Kier molecular flexibility index (Phi) is 2.66. The summed E-state index contributed by atoms with van der Waals surface area (Å²) in [6, 6.07) is 0. The third-order valence-corrected chi connectivity index (χ3v) is 3.01. The number of hydrogen-bond acceptors (Lipinski definition) is 2. The molecule has 0 bridgehead atoms. The summed E-state index contributed by atoms with van der Waals surface area (Å²) in [6.07, 6.45) is 8.51. The van der Waals surface area contributed by atoms with Gasteiger partial charge in [0.05, 0.1) is 11.3 Å². The van der Waals surface area contributed by atoms with Gasteiger partial charge in [0.15, 0.2) is 0 Å². The first kappa shape index (κ1) is 9.44. The number of carbonyl (C=O) groups is 1. The molecule has 0 spiro atoms. The zero-order valence-corrected chi connectivity index (χ0v) is 8.55. The average molecular weight is 192 g/mol. The van der Waals surface area contributed by atoms with Gasteiger partial charge in [-0.1, -0.05) is 25.3 Å². The molecule has 14 heavy (non-hydrogen) atoms. The van der Waals surface area contributed by atoms with Crippen LogP contribution in [0.3, 0.4) is 0 Å². The van der Waals surface area contributed by atoms with Gasteiger partial charge < -0.3 is 0 Å². The molecule has 0 aromatic rings.